The van der Waals surface area contributed by atoms with Gasteiger partial charge in [0.15, 0.2) is 5.78 Å². The summed E-state index contributed by atoms with van der Waals surface area (Å²) in [7, 11) is 0. The number of nitrogens with two attached hydrogens (primary N) is 2. The van der Waals surface area contributed by atoms with E-state index in [1.54, 1.807) is 0 Å². The Balaban J connectivity index is 2.85. The predicted octanol–water partition coefficient (Wildman–Crippen LogP) is 0.734. The van der Waals surface area contributed by atoms with Crippen LogP contribution in [0, 0.1) is 0 Å². The van der Waals surface area contributed by atoms with E-state index in [-0.39, 0.29) is 5.78 Å². The van der Waals surface area contributed by atoms with Crippen LogP contribution < -0.4 is 11.5 Å². The highest BCUT2D eigenvalue weighted by atomic mass is 16.1. The number of ketones is 1. The summed E-state index contributed by atoms with van der Waals surface area (Å²) in [5, 5.41) is 0. The number of hydrogen-bond donors (Lipinski definition) is 2. The number of Topliss-reactive ketones (excluding diaryl/α,β-unsaturated/α-hetero) is 1. The van der Waals surface area contributed by atoms with E-state index in [2.05, 4.69) is 0 Å². The number of hydrogen-bond acceptors (Lipinski definition) is 3. The molecule has 1 aromatic rings. The molecule has 1 unspecified atom stereocenters. The Bertz CT molecular complexity index is 292. The van der Waals surface area contributed by atoms with Crippen LogP contribution in [-0.2, 0) is 11.3 Å². The van der Waals surface area contributed by atoms with Gasteiger partial charge in [-0.1, -0.05) is 24.3 Å². The molecule has 4 N–H and O–H groups in total. The van der Waals surface area contributed by atoms with Crippen molar-refractivity contribution >= 4 is 5.78 Å². The molecule has 0 spiro atoms. The van der Waals surface area contributed by atoms with Crippen LogP contribution in [0.3, 0.4) is 0 Å². The average Bonchev–Trinajstić information content (AvgIpc) is 2.17. The normalized spacial score (nSPS) is 12.5. The molecule has 0 radical (unpaired) electrons. The van der Waals surface area contributed by atoms with Crippen LogP contribution >= 0.6 is 0 Å². The van der Waals surface area contributed by atoms with Crippen molar-refractivity contribution in [3.05, 3.63) is 35.4 Å². The summed E-state index contributed by atoms with van der Waals surface area (Å²) in [5.41, 5.74) is 13.0. The highest BCUT2D eigenvalue weighted by Gasteiger charge is 2.09. The molecule has 1 aromatic carbocycles. The summed E-state index contributed by atoms with van der Waals surface area (Å²) in [5.74, 6) is -0.0273. The van der Waals surface area contributed by atoms with Gasteiger partial charge in [-0.25, -0.2) is 0 Å². The molecule has 3 nitrogen and oxygen atoms in total. The first kappa shape index (κ1) is 9.89. The van der Waals surface area contributed by atoms with Crippen LogP contribution in [0.4, 0.5) is 0 Å². The molecule has 70 valence electrons. The Morgan fingerprint density at radius 1 is 1.38 bits per heavy atom. The summed E-state index contributed by atoms with van der Waals surface area (Å²) >= 11 is 0. The van der Waals surface area contributed by atoms with E-state index in [1.165, 1.54) is 6.92 Å². The molecule has 1 rings (SSSR count). The van der Waals surface area contributed by atoms with E-state index in [0.717, 1.165) is 11.1 Å². The maximum Gasteiger partial charge on any atom is 0.150 e. The highest BCUT2D eigenvalue weighted by molar-refractivity contribution is 5.82. The Labute approximate surface area is 77.7 Å². The van der Waals surface area contributed by atoms with Gasteiger partial charge in [-0.2, -0.15) is 0 Å². The van der Waals surface area contributed by atoms with Crippen molar-refractivity contribution in [1.82, 2.24) is 0 Å². The third-order valence-corrected chi connectivity index (χ3v) is 2.01. The fourth-order valence-corrected chi connectivity index (χ4v) is 1.10. The lowest BCUT2D eigenvalue weighted by atomic mass is 10.0. The van der Waals surface area contributed by atoms with Crippen LogP contribution in [0.15, 0.2) is 24.3 Å². The van der Waals surface area contributed by atoms with Crippen molar-refractivity contribution in [2.45, 2.75) is 19.5 Å². The van der Waals surface area contributed by atoms with Crippen molar-refractivity contribution in [3.8, 4) is 0 Å². The van der Waals surface area contributed by atoms with Gasteiger partial charge >= 0.3 is 0 Å². The Morgan fingerprint density at radius 3 is 2.31 bits per heavy atom. The summed E-state index contributed by atoms with van der Waals surface area (Å²) in [6.45, 7) is 2.00. The Morgan fingerprint density at radius 2 is 1.92 bits per heavy atom. The zero-order chi connectivity index (χ0) is 9.84. The number of carbonyl (C=O) groups is 1. The van der Waals surface area contributed by atoms with Crippen LogP contribution in [-0.4, -0.2) is 5.78 Å². The van der Waals surface area contributed by atoms with E-state index in [0.29, 0.717) is 6.54 Å². The topological polar surface area (TPSA) is 69.1 Å². The first-order chi connectivity index (χ1) is 6.15. The maximum absolute atomic E-state index is 10.9. The van der Waals surface area contributed by atoms with Gasteiger partial charge in [0.05, 0.1) is 6.04 Å². The second-order valence-corrected chi connectivity index (χ2v) is 3.03. The molecule has 0 amide bonds. The molecule has 3 heteroatoms. The summed E-state index contributed by atoms with van der Waals surface area (Å²) < 4.78 is 0. The first-order valence-electron chi connectivity index (χ1n) is 4.20. The smallest absolute Gasteiger partial charge is 0.150 e. The first-order valence-corrected chi connectivity index (χ1v) is 4.20. The van der Waals surface area contributed by atoms with Gasteiger partial charge in [-0.3, -0.25) is 4.79 Å². The second-order valence-electron chi connectivity index (χ2n) is 3.03. The molecule has 0 heterocycles. The van der Waals surface area contributed by atoms with E-state index in [9.17, 15) is 4.79 Å². The van der Waals surface area contributed by atoms with Crippen molar-refractivity contribution in [2.75, 3.05) is 0 Å². The molecule has 0 aromatic heterocycles. The second kappa shape index (κ2) is 4.16. The molecule has 1 atom stereocenters. The van der Waals surface area contributed by atoms with E-state index < -0.39 is 6.04 Å². The van der Waals surface area contributed by atoms with Gasteiger partial charge in [0, 0.05) is 6.54 Å². The molecule has 0 aliphatic rings. The summed E-state index contributed by atoms with van der Waals surface area (Å²) in [4.78, 5) is 10.9. The largest absolute Gasteiger partial charge is 0.326 e. The maximum atomic E-state index is 10.9. The zero-order valence-electron chi connectivity index (χ0n) is 7.66. The quantitative estimate of drug-likeness (QED) is 0.717. The van der Waals surface area contributed by atoms with Crippen LogP contribution in [0.2, 0.25) is 0 Å². The molecule has 0 aliphatic carbocycles. The number of rotatable bonds is 3. The lowest BCUT2D eigenvalue weighted by molar-refractivity contribution is -0.118. The van der Waals surface area contributed by atoms with E-state index in [4.69, 9.17) is 11.5 Å². The van der Waals surface area contributed by atoms with Crippen molar-refractivity contribution < 1.29 is 4.79 Å². The molecule has 13 heavy (non-hydrogen) atoms. The fraction of sp³-hybridized carbons (Fsp3) is 0.300. The number of carbonyl (C=O) groups excluding carboxylic acids is 1. The molecular formula is C10H14N2O. The summed E-state index contributed by atoms with van der Waals surface area (Å²) in [6, 6.07) is 6.95. The van der Waals surface area contributed by atoms with Gasteiger partial charge in [0.1, 0.15) is 0 Å². The monoisotopic (exact) mass is 178 g/mol. The van der Waals surface area contributed by atoms with Gasteiger partial charge in [-0.05, 0) is 18.1 Å². The predicted molar refractivity (Wildman–Crippen MR) is 51.9 cm³/mol. The van der Waals surface area contributed by atoms with Crippen molar-refractivity contribution in [1.29, 1.82) is 0 Å². The van der Waals surface area contributed by atoms with Gasteiger partial charge in [0.2, 0.25) is 0 Å². The number of benzene rings is 1. The zero-order valence-corrected chi connectivity index (χ0v) is 7.66. The van der Waals surface area contributed by atoms with E-state index >= 15 is 0 Å². The third-order valence-electron chi connectivity index (χ3n) is 2.01. The van der Waals surface area contributed by atoms with Gasteiger partial charge < -0.3 is 11.5 Å². The van der Waals surface area contributed by atoms with Crippen LogP contribution in [0.1, 0.15) is 24.1 Å². The molecular weight excluding hydrogens is 164 g/mol. The minimum absolute atomic E-state index is 0.0273. The fourth-order valence-electron chi connectivity index (χ4n) is 1.10. The molecule has 0 saturated carbocycles. The Hall–Kier alpha value is -1.19. The Kier molecular flexibility index (Phi) is 3.17. The van der Waals surface area contributed by atoms with Crippen LogP contribution in [0.25, 0.3) is 0 Å². The standard InChI is InChI=1S/C10H14N2O/c1-7(13)10(12)9-4-2-8(6-11)3-5-9/h2-5,10H,6,11-12H2,1H3. The third kappa shape index (κ3) is 2.37. The van der Waals surface area contributed by atoms with Crippen molar-refractivity contribution in [3.63, 3.8) is 0 Å². The molecule has 0 aliphatic heterocycles. The highest BCUT2D eigenvalue weighted by Crippen LogP contribution is 2.11. The molecule has 0 bridgehead atoms. The SMILES string of the molecule is CC(=O)C(N)c1ccc(CN)cc1. The lowest BCUT2D eigenvalue weighted by Crippen LogP contribution is -2.18. The summed E-state index contributed by atoms with van der Waals surface area (Å²) in [6.07, 6.45) is 0. The minimum atomic E-state index is -0.508. The van der Waals surface area contributed by atoms with E-state index in [1.807, 2.05) is 24.3 Å². The minimum Gasteiger partial charge on any atom is -0.326 e. The molecule has 0 saturated heterocycles. The average molecular weight is 178 g/mol. The van der Waals surface area contributed by atoms with Gasteiger partial charge in [0.25, 0.3) is 0 Å². The lowest BCUT2D eigenvalue weighted by Gasteiger charge is -2.08. The van der Waals surface area contributed by atoms with Gasteiger partial charge in [-0.15, -0.1) is 0 Å². The van der Waals surface area contributed by atoms with Crippen LogP contribution in [0.5, 0.6) is 0 Å². The molecule has 0 fully saturated rings. The van der Waals surface area contributed by atoms with Crippen molar-refractivity contribution in [2.24, 2.45) is 11.5 Å².